The predicted octanol–water partition coefficient (Wildman–Crippen LogP) is 4.24. The number of benzene rings is 1. The Balaban J connectivity index is 2.29. The Hall–Kier alpha value is -1.40. The van der Waals surface area contributed by atoms with Gasteiger partial charge < -0.3 is 5.32 Å². The molecular weight excluding hydrogens is 372 g/mol. The van der Waals surface area contributed by atoms with Crippen molar-refractivity contribution in [1.29, 1.82) is 0 Å². The molecule has 2 rings (SSSR count). The van der Waals surface area contributed by atoms with Gasteiger partial charge in [-0.1, -0.05) is 56.7 Å². The average molecular weight is 409 g/mol. The second-order valence-electron chi connectivity index (χ2n) is 8.13. The summed E-state index contributed by atoms with van der Waals surface area (Å²) in [6, 6.07) is 3.72. The second-order valence-corrected chi connectivity index (χ2v) is 9.95. The molecule has 158 valence electrons. The second kappa shape index (κ2) is 10.4. The van der Waals surface area contributed by atoms with Gasteiger partial charge >= 0.3 is 0 Å². The van der Waals surface area contributed by atoms with Crippen molar-refractivity contribution in [2.45, 2.75) is 90.0 Å². The van der Waals surface area contributed by atoms with E-state index in [0.717, 1.165) is 68.1 Å². The van der Waals surface area contributed by atoms with E-state index in [1.54, 1.807) is 0 Å². The summed E-state index contributed by atoms with van der Waals surface area (Å²) in [4.78, 5) is 12.9. The molecule has 0 atom stereocenters. The molecule has 1 aliphatic carbocycles. The Morgan fingerprint density at radius 3 is 2.25 bits per heavy atom. The molecular formula is C22H36N2O3S. The molecule has 1 amide bonds. The first-order valence-corrected chi connectivity index (χ1v) is 12.1. The van der Waals surface area contributed by atoms with Crippen LogP contribution in [0.15, 0.2) is 17.0 Å². The number of hydrogen-bond donors (Lipinski definition) is 1. The number of nitrogens with zero attached hydrogens (tertiary/aromatic N) is 1. The zero-order valence-electron chi connectivity index (χ0n) is 17.9. The van der Waals surface area contributed by atoms with Crippen LogP contribution in [0.25, 0.3) is 0 Å². The van der Waals surface area contributed by atoms with Crippen LogP contribution in [-0.4, -0.2) is 37.8 Å². The maximum atomic E-state index is 13.6. The smallest absolute Gasteiger partial charge is 0.244 e. The normalized spacial score (nSPS) is 15.8. The standard InChI is InChI=1S/C22H36N2O3S/c1-5-6-10-13-23-21(25)16-24(20-11-8-7-9-12-20)28(26,27)22-18(3)14-17(2)15-19(22)4/h14-15,20H,5-13,16H2,1-4H3,(H,23,25). The van der Waals surface area contributed by atoms with E-state index >= 15 is 0 Å². The fourth-order valence-corrected chi connectivity index (χ4v) is 6.33. The van der Waals surface area contributed by atoms with Gasteiger partial charge in [-0.2, -0.15) is 4.31 Å². The lowest BCUT2D eigenvalue weighted by molar-refractivity contribution is -0.121. The van der Waals surface area contributed by atoms with Crippen LogP contribution < -0.4 is 5.32 Å². The van der Waals surface area contributed by atoms with E-state index in [1.807, 2.05) is 32.9 Å². The Morgan fingerprint density at radius 1 is 1.07 bits per heavy atom. The van der Waals surface area contributed by atoms with Gasteiger partial charge in [-0.25, -0.2) is 8.42 Å². The molecule has 6 heteroatoms. The van der Waals surface area contributed by atoms with E-state index in [1.165, 1.54) is 4.31 Å². The van der Waals surface area contributed by atoms with Crippen molar-refractivity contribution in [3.05, 3.63) is 28.8 Å². The fourth-order valence-electron chi connectivity index (χ4n) is 4.27. The minimum Gasteiger partial charge on any atom is -0.355 e. The molecule has 1 aromatic rings. The lowest BCUT2D eigenvalue weighted by atomic mass is 9.95. The number of sulfonamides is 1. The Kier molecular flexibility index (Phi) is 8.50. The van der Waals surface area contributed by atoms with Crippen molar-refractivity contribution < 1.29 is 13.2 Å². The largest absolute Gasteiger partial charge is 0.355 e. The molecule has 1 fully saturated rings. The number of carbonyl (C=O) groups is 1. The maximum absolute atomic E-state index is 13.6. The molecule has 0 radical (unpaired) electrons. The average Bonchev–Trinajstić information content (AvgIpc) is 2.62. The number of amides is 1. The zero-order chi connectivity index (χ0) is 20.7. The van der Waals surface area contributed by atoms with Crippen LogP contribution in [0.4, 0.5) is 0 Å². The molecule has 1 aromatic carbocycles. The predicted molar refractivity (Wildman–Crippen MR) is 114 cm³/mol. The summed E-state index contributed by atoms with van der Waals surface area (Å²) < 4.78 is 28.8. The summed E-state index contributed by atoms with van der Waals surface area (Å²) in [7, 11) is -3.74. The van der Waals surface area contributed by atoms with Crippen LogP contribution in [0.1, 0.15) is 75.0 Å². The van der Waals surface area contributed by atoms with E-state index in [4.69, 9.17) is 0 Å². The molecule has 0 aromatic heterocycles. The highest BCUT2D eigenvalue weighted by molar-refractivity contribution is 7.89. The Labute approximate surface area is 170 Å². The van der Waals surface area contributed by atoms with Crippen molar-refractivity contribution in [2.24, 2.45) is 0 Å². The first-order chi connectivity index (χ1) is 13.3. The quantitative estimate of drug-likeness (QED) is 0.622. The topological polar surface area (TPSA) is 66.5 Å². The third-order valence-corrected chi connectivity index (χ3v) is 7.76. The third-order valence-electron chi connectivity index (χ3n) is 5.56. The van der Waals surface area contributed by atoms with Crippen LogP contribution in [0.5, 0.6) is 0 Å². The summed E-state index contributed by atoms with van der Waals surface area (Å²) in [6.45, 7) is 8.29. The minimum absolute atomic E-state index is 0.0914. The zero-order valence-corrected chi connectivity index (χ0v) is 18.7. The molecule has 0 saturated heterocycles. The number of nitrogens with one attached hydrogen (secondary N) is 1. The molecule has 0 unspecified atom stereocenters. The van der Waals surface area contributed by atoms with Crippen LogP contribution in [0.2, 0.25) is 0 Å². The molecule has 0 bridgehead atoms. The van der Waals surface area contributed by atoms with Gasteiger partial charge in [-0.05, 0) is 51.2 Å². The van der Waals surface area contributed by atoms with Crippen LogP contribution in [-0.2, 0) is 14.8 Å². The van der Waals surface area contributed by atoms with Crippen molar-refractivity contribution in [3.8, 4) is 0 Å². The first-order valence-electron chi connectivity index (χ1n) is 10.6. The number of unbranched alkanes of at least 4 members (excludes halogenated alkanes) is 2. The van der Waals surface area contributed by atoms with Crippen LogP contribution in [0, 0.1) is 20.8 Å². The fraction of sp³-hybridized carbons (Fsp3) is 0.682. The molecule has 1 saturated carbocycles. The molecule has 0 spiro atoms. The van der Waals surface area contributed by atoms with Gasteiger partial charge in [0.05, 0.1) is 11.4 Å². The highest BCUT2D eigenvalue weighted by atomic mass is 32.2. The van der Waals surface area contributed by atoms with Gasteiger partial charge in [0.15, 0.2) is 0 Å². The number of aryl methyl sites for hydroxylation is 3. The summed E-state index contributed by atoms with van der Waals surface area (Å²) >= 11 is 0. The highest BCUT2D eigenvalue weighted by Crippen LogP contribution is 2.31. The van der Waals surface area contributed by atoms with E-state index in [-0.39, 0.29) is 18.5 Å². The summed E-state index contributed by atoms with van der Waals surface area (Å²) in [5, 5.41) is 2.90. The van der Waals surface area contributed by atoms with Gasteiger partial charge in [-0.3, -0.25) is 4.79 Å². The number of hydrogen-bond acceptors (Lipinski definition) is 3. The first kappa shape index (κ1) is 22.9. The molecule has 0 aliphatic heterocycles. The summed E-state index contributed by atoms with van der Waals surface area (Å²) in [5.74, 6) is -0.201. The van der Waals surface area contributed by atoms with Crippen molar-refractivity contribution in [2.75, 3.05) is 13.1 Å². The molecule has 5 nitrogen and oxygen atoms in total. The van der Waals surface area contributed by atoms with Crippen LogP contribution >= 0.6 is 0 Å². The third kappa shape index (κ3) is 5.80. The van der Waals surface area contributed by atoms with Gasteiger partial charge in [0.25, 0.3) is 0 Å². The van der Waals surface area contributed by atoms with Gasteiger partial charge in [0, 0.05) is 12.6 Å². The number of rotatable bonds is 9. The van der Waals surface area contributed by atoms with Crippen molar-refractivity contribution >= 4 is 15.9 Å². The van der Waals surface area contributed by atoms with Crippen molar-refractivity contribution in [3.63, 3.8) is 0 Å². The summed E-state index contributed by atoms with van der Waals surface area (Å²) in [6.07, 6.45) is 7.89. The monoisotopic (exact) mass is 408 g/mol. The van der Waals surface area contributed by atoms with E-state index in [0.29, 0.717) is 11.4 Å². The van der Waals surface area contributed by atoms with E-state index < -0.39 is 10.0 Å². The van der Waals surface area contributed by atoms with Gasteiger partial charge in [0.2, 0.25) is 15.9 Å². The lowest BCUT2D eigenvalue weighted by Crippen LogP contribution is -2.47. The molecule has 1 aliphatic rings. The maximum Gasteiger partial charge on any atom is 0.244 e. The van der Waals surface area contributed by atoms with Gasteiger partial charge in [0.1, 0.15) is 0 Å². The van der Waals surface area contributed by atoms with E-state index in [2.05, 4.69) is 12.2 Å². The highest BCUT2D eigenvalue weighted by Gasteiger charge is 2.35. The molecule has 0 heterocycles. The summed E-state index contributed by atoms with van der Waals surface area (Å²) in [5.41, 5.74) is 2.55. The van der Waals surface area contributed by atoms with Crippen LogP contribution in [0.3, 0.4) is 0 Å². The van der Waals surface area contributed by atoms with E-state index in [9.17, 15) is 13.2 Å². The van der Waals surface area contributed by atoms with Crippen molar-refractivity contribution in [1.82, 2.24) is 9.62 Å². The van der Waals surface area contributed by atoms with Gasteiger partial charge in [-0.15, -0.1) is 0 Å². The SMILES string of the molecule is CCCCCNC(=O)CN(C1CCCCC1)S(=O)(=O)c1c(C)cc(C)cc1C. The Bertz CT molecular complexity index is 745. The number of carbonyl (C=O) groups excluding carboxylic acids is 1. The lowest BCUT2D eigenvalue weighted by Gasteiger charge is -2.33. The molecule has 28 heavy (non-hydrogen) atoms. The molecule has 1 N–H and O–H groups in total. The Morgan fingerprint density at radius 2 is 1.68 bits per heavy atom. The minimum atomic E-state index is -3.74.